The first-order valence-corrected chi connectivity index (χ1v) is 14.2. The average Bonchev–Trinajstić information content (AvgIpc) is 3.66. The van der Waals surface area contributed by atoms with Gasteiger partial charge in [0.2, 0.25) is 0 Å². The number of rotatable bonds is 3. The fourth-order valence-electron chi connectivity index (χ4n) is 6.54. The van der Waals surface area contributed by atoms with Gasteiger partial charge in [0.15, 0.2) is 0 Å². The monoisotopic (exact) mass is 536 g/mol. The Balaban J connectivity index is 1.25. The number of fused-ring (bicyclic) bond motifs is 9. The van der Waals surface area contributed by atoms with Gasteiger partial charge < -0.3 is 0 Å². The molecule has 0 spiro atoms. The zero-order valence-corrected chi connectivity index (χ0v) is 22.6. The highest BCUT2D eigenvalue weighted by Gasteiger charge is 2.16. The number of pyridine rings is 2. The third-order valence-electron chi connectivity index (χ3n) is 8.41. The molecule has 0 aliphatic rings. The van der Waals surface area contributed by atoms with Crippen molar-refractivity contribution in [3.63, 3.8) is 0 Å². The third-order valence-corrected chi connectivity index (χ3v) is 8.41. The van der Waals surface area contributed by atoms with Crippen molar-refractivity contribution in [1.29, 1.82) is 0 Å². The molecule has 0 unspecified atom stereocenters. The van der Waals surface area contributed by atoms with E-state index < -0.39 is 0 Å². The lowest BCUT2D eigenvalue weighted by Gasteiger charge is -2.11. The second-order valence-corrected chi connectivity index (χ2v) is 10.7. The van der Waals surface area contributed by atoms with Crippen LogP contribution in [0.1, 0.15) is 0 Å². The first kappa shape index (κ1) is 23.0. The van der Waals surface area contributed by atoms with Crippen molar-refractivity contribution in [2.24, 2.45) is 0 Å². The largest absolute Gasteiger partial charge is 0.294 e. The molecule has 0 atom stereocenters. The molecular weight excluding hydrogens is 512 g/mol. The maximum absolute atomic E-state index is 4.94. The molecule has 0 saturated heterocycles. The molecule has 0 aliphatic carbocycles. The Kier molecular flexibility index (Phi) is 4.87. The molecule has 0 amide bonds. The van der Waals surface area contributed by atoms with Crippen LogP contribution in [-0.4, -0.2) is 18.9 Å². The summed E-state index contributed by atoms with van der Waals surface area (Å²) >= 11 is 0. The SMILES string of the molecule is c1ccc(-n2c3ccccc3c3cc(-c4cccc(-c5cnc6c7ccccc7c7ccccc7n56)c4)ccc32)nc1. The van der Waals surface area contributed by atoms with Crippen LogP contribution in [0, 0.1) is 0 Å². The van der Waals surface area contributed by atoms with Gasteiger partial charge in [-0.15, -0.1) is 0 Å². The highest BCUT2D eigenvalue weighted by molar-refractivity contribution is 6.12. The van der Waals surface area contributed by atoms with Crippen molar-refractivity contribution in [3.05, 3.63) is 146 Å². The Morgan fingerprint density at radius 3 is 1.93 bits per heavy atom. The molecule has 0 radical (unpaired) electrons. The molecule has 0 saturated carbocycles. The summed E-state index contributed by atoms with van der Waals surface area (Å²) in [5.74, 6) is 0.922. The summed E-state index contributed by atoms with van der Waals surface area (Å²) in [4.78, 5) is 9.60. The number of hydrogen-bond donors (Lipinski definition) is 0. The van der Waals surface area contributed by atoms with E-state index >= 15 is 0 Å². The second-order valence-electron chi connectivity index (χ2n) is 10.7. The van der Waals surface area contributed by atoms with E-state index in [9.17, 15) is 0 Å². The van der Waals surface area contributed by atoms with Crippen molar-refractivity contribution >= 4 is 49.1 Å². The van der Waals surface area contributed by atoms with E-state index in [4.69, 9.17) is 4.98 Å². The zero-order chi connectivity index (χ0) is 27.6. The molecule has 4 heterocycles. The fourth-order valence-corrected chi connectivity index (χ4v) is 6.54. The lowest BCUT2D eigenvalue weighted by molar-refractivity contribution is 1.08. The Bertz CT molecular complexity index is 2470. The molecule has 9 rings (SSSR count). The molecule has 5 aromatic carbocycles. The first-order valence-electron chi connectivity index (χ1n) is 14.2. The van der Waals surface area contributed by atoms with Crippen LogP contribution in [0.25, 0.3) is 77.3 Å². The molecule has 0 N–H and O–H groups in total. The van der Waals surface area contributed by atoms with Crippen molar-refractivity contribution in [2.45, 2.75) is 0 Å². The van der Waals surface area contributed by atoms with Gasteiger partial charge in [0.05, 0.1) is 28.4 Å². The molecule has 42 heavy (non-hydrogen) atoms. The molecular formula is C38H24N4. The summed E-state index contributed by atoms with van der Waals surface area (Å²) in [5, 5.41) is 6.05. The fraction of sp³-hybridized carbons (Fsp3) is 0. The summed E-state index contributed by atoms with van der Waals surface area (Å²) in [7, 11) is 0. The van der Waals surface area contributed by atoms with Crippen LogP contribution in [0.5, 0.6) is 0 Å². The van der Waals surface area contributed by atoms with E-state index in [-0.39, 0.29) is 0 Å². The van der Waals surface area contributed by atoms with E-state index in [0.29, 0.717) is 0 Å². The second kappa shape index (κ2) is 8.88. The highest BCUT2D eigenvalue weighted by Crippen LogP contribution is 2.37. The Labute approximate surface area is 241 Å². The molecule has 0 bridgehead atoms. The number of hydrogen-bond acceptors (Lipinski definition) is 2. The van der Waals surface area contributed by atoms with Gasteiger partial charge in [-0.25, -0.2) is 9.97 Å². The van der Waals surface area contributed by atoms with Crippen LogP contribution >= 0.6 is 0 Å². The van der Waals surface area contributed by atoms with Gasteiger partial charge in [0, 0.05) is 33.3 Å². The molecule has 0 aliphatic heterocycles. The van der Waals surface area contributed by atoms with E-state index in [2.05, 4.69) is 135 Å². The number of para-hydroxylation sites is 2. The van der Waals surface area contributed by atoms with E-state index in [1.165, 1.54) is 32.7 Å². The first-order chi connectivity index (χ1) is 20.8. The van der Waals surface area contributed by atoms with E-state index in [0.717, 1.165) is 44.7 Å². The number of benzene rings is 5. The third kappa shape index (κ3) is 3.29. The quantitative estimate of drug-likeness (QED) is 0.211. The Morgan fingerprint density at radius 2 is 1.10 bits per heavy atom. The summed E-state index contributed by atoms with van der Waals surface area (Å²) in [5.41, 5.74) is 9.01. The zero-order valence-electron chi connectivity index (χ0n) is 22.6. The predicted octanol–water partition coefficient (Wildman–Crippen LogP) is 9.47. The molecule has 9 aromatic rings. The van der Waals surface area contributed by atoms with Crippen molar-refractivity contribution in [3.8, 4) is 28.2 Å². The minimum absolute atomic E-state index is 0.922. The minimum Gasteiger partial charge on any atom is -0.294 e. The number of nitrogens with zero attached hydrogens (tertiary/aromatic N) is 4. The molecule has 4 nitrogen and oxygen atoms in total. The van der Waals surface area contributed by atoms with E-state index in [1.807, 2.05) is 24.5 Å². The van der Waals surface area contributed by atoms with Gasteiger partial charge in [-0.05, 0) is 59.0 Å². The lowest BCUT2D eigenvalue weighted by atomic mass is 9.99. The van der Waals surface area contributed by atoms with Crippen LogP contribution in [0.15, 0.2) is 146 Å². The van der Waals surface area contributed by atoms with Crippen LogP contribution in [-0.2, 0) is 0 Å². The van der Waals surface area contributed by atoms with E-state index in [1.54, 1.807) is 0 Å². The smallest absolute Gasteiger partial charge is 0.145 e. The Morgan fingerprint density at radius 1 is 0.429 bits per heavy atom. The summed E-state index contributed by atoms with van der Waals surface area (Å²) in [6.07, 6.45) is 3.86. The van der Waals surface area contributed by atoms with Gasteiger partial charge >= 0.3 is 0 Å². The normalized spacial score (nSPS) is 11.8. The lowest BCUT2D eigenvalue weighted by Crippen LogP contribution is -1.96. The van der Waals surface area contributed by atoms with Gasteiger partial charge in [-0.2, -0.15) is 0 Å². The maximum atomic E-state index is 4.94. The van der Waals surface area contributed by atoms with Gasteiger partial charge in [-0.3, -0.25) is 8.97 Å². The van der Waals surface area contributed by atoms with Crippen LogP contribution in [0.4, 0.5) is 0 Å². The standard InChI is InChI=1S/C38H24N4/c1-2-15-31-28(12-1)29-13-3-6-17-34(29)42-36(24-40-38(31)42)27-11-9-10-25(22-27)26-19-20-35-32(23-26)30-14-4-5-16-33(30)41(35)37-18-7-8-21-39-37/h1-24H. The summed E-state index contributed by atoms with van der Waals surface area (Å²) < 4.78 is 4.55. The molecule has 4 aromatic heterocycles. The van der Waals surface area contributed by atoms with Gasteiger partial charge in [0.25, 0.3) is 0 Å². The predicted molar refractivity (Wildman–Crippen MR) is 173 cm³/mol. The van der Waals surface area contributed by atoms with Crippen molar-refractivity contribution in [2.75, 3.05) is 0 Å². The summed E-state index contributed by atoms with van der Waals surface area (Å²) in [6, 6.07) is 47.3. The van der Waals surface area contributed by atoms with Crippen molar-refractivity contribution in [1.82, 2.24) is 18.9 Å². The maximum Gasteiger partial charge on any atom is 0.145 e. The average molecular weight is 537 g/mol. The van der Waals surface area contributed by atoms with Crippen LogP contribution < -0.4 is 0 Å². The molecule has 4 heteroatoms. The summed E-state index contributed by atoms with van der Waals surface area (Å²) in [6.45, 7) is 0. The van der Waals surface area contributed by atoms with Crippen LogP contribution in [0.2, 0.25) is 0 Å². The molecule has 0 fully saturated rings. The van der Waals surface area contributed by atoms with Crippen molar-refractivity contribution < 1.29 is 0 Å². The topological polar surface area (TPSA) is 35.1 Å². The number of aromatic nitrogens is 4. The minimum atomic E-state index is 0.922. The highest BCUT2D eigenvalue weighted by atomic mass is 15.1. The molecule has 196 valence electrons. The Hall–Kier alpha value is -5.74. The van der Waals surface area contributed by atoms with Gasteiger partial charge in [-0.1, -0.05) is 91.0 Å². The van der Waals surface area contributed by atoms with Gasteiger partial charge in [0.1, 0.15) is 11.5 Å². The van der Waals surface area contributed by atoms with Crippen LogP contribution in [0.3, 0.4) is 0 Å². The number of imidazole rings is 1.